The molecule has 4 heterocycles. The van der Waals surface area contributed by atoms with E-state index >= 15 is 0 Å². The van der Waals surface area contributed by atoms with E-state index in [1.807, 2.05) is 0 Å². The SMILES string of the molecule is CNC(=O)C(C)Cn1cnc2ccc(-c3cnc(OCCNC(=O)C(C)Cn4cnc5ccc(-c6cnc(OC)c(NS(=O)(=O)c7ccc(OC)cc7)c6)cc5c4=O)c(NS(=O)(=O)c4ccccc4F)c3)cc2c1=O. The van der Waals surface area contributed by atoms with Crippen molar-refractivity contribution in [2.75, 3.05) is 43.9 Å². The lowest BCUT2D eigenvalue weighted by molar-refractivity contribution is -0.125. The number of nitrogens with one attached hydrogen (secondary N) is 4. The molecule has 24 heteroatoms. The number of carbonyl (C=O) groups excluding carboxylic acids is 2. The van der Waals surface area contributed by atoms with Crippen LogP contribution in [0.1, 0.15) is 13.8 Å². The third kappa shape index (κ3) is 11.7. The summed E-state index contributed by atoms with van der Waals surface area (Å²) in [6, 6.07) is 23.3. The number of halogens is 1. The summed E-state index contributed by atoms with van der Waals surface area (Å²) in [5.74, 6) is -2.72. The van der Waals surface area contributed by atoms with E-state index in [0.29, 0.717) is 39.0 Å². The lowest BCUT2D eigenvalue weighted by atomic mass is 10.0. The molecule has 4 aromatic carbocycles. The van der Waals surface area contributed by atoms with Crippen LogP contribution >= 0.6 is 0 Å². The number of benzene rings is 4. The van der Waals surface area contributed by atoms with Gasteiger partial charge in [-0.2, -0.15) is 0 Å². The van der Waals surface area contributed by atoms with Crippen LogP contribution in [0.5, 0.6) is 17.5 Å². The van der Waals surface area contributed by atoms with Gasteiger partial charge in [0.1, 0.15) is 34.4 Å². The van der Waals surface area contributed by atoms with Crippen LogP contribution in [0.4, 0.5) is 15.8 Å². The molecule has 2 atom stereocenters. The van der Waals surface area contributed by atoms with Crippen LogP contribution in [0.25, 0.3) is 44.1 Å². The van der Waals surface area contributed by atoms with Gasteiger partial charge in [0.05, 0.1) is 72.0 Å². The van der Waals surface area contributed by atoms with Gasteiger partial charge in [-0.05, 0) is 83.9 Å². The minimum atomic E-state index is -4.55. The molecule has 2 amide bonds. The van der Waals surface area contributed by atoms with Gasteiger partial charge in [-0.1, -0.05) is 38.1 Å². The Balaban J connectivity index is 0.964. The zero-order chi connectivity index (χ0) is 53.6. The van der Waals surface area contributed by atoms with E-state index in [4.69, 9.17) is 14.2 Å². The molecule has 0 aliphatic carbocycles. The Morgan fingerprint density at radius 3 is 1.72 bits per heavy atom. The second-order valence-electron chi connectivity index (χ2n) is 17.1. The molecule has 0 bridgehead atoms. The molecule has 8 rings (SSSR count). The predicted molar refractivity (Wildman–Crippen MR) is 277 cm³/mol. The van der Waals surface area contributed by atoms with Gasteiger partial charge in [-0.3, -0.25) is 37.8 Å². The summed E-state index contributed by atoms with van der Waals surface area (Å²) in [6.45, 7) is 2.99. The molecular formula is C51H49FN10O11S2. The second-order valence-corrected chi connectivity index (χ2v) is 20.4. The van der Waals surface area contributed by atoms with Crippen molar-refractivity contribution in [3.8, 4) is 39.8 Å². The summed E-state index contributed by atoms with van der Waals surface area (Å²) in [5, 5.41) is 5.75. The minimum Gasteiger partial charge on any atom is -0.497 e. The van der Waals surface area contributed by atoms with E-state index in [1.165, 1.54) is 104 Å². The normalized spacial score (nSPS) is 12.4. The number of carbonyl (C=O) groups is 2. The van der Waals surface area contributed by atoms with Crippen LogP contribution in [-0.4, -0.2) is 92.1 Å². The van der Waals surface area contributed by atoms with E-state index in [1.54, 1.807) is 50.2 Å². The first-order valence-electron chi connectivity index (χ1n) is 23.0. The molecule has 75 heavy (non-hydrogen) atoms. The molecule has 0 saturated heterocycles. The highest BCUT2D eigenvalue weighted by molar-refractivity contribution is 7.93. The Labute approximate surface area is 428 Å². The Hall–Kier alpha value is -8.77. The maximum Gasteiger partial charge on any atom is 0.264 e. The highest BCUT2D eigenvalue weighted by atomic mass is 32.2. The van der Waals surface area contributed by atoms with Crippen LogP contribution in [0.15, 0.2) is 141 Å². The summed E-state index contributed by atoms with van der Waals surface area (Å²) in [6.07, 6.45) is 5.55. The first-order chi connectivity index (χ1) is 35.9. The summed E-state index contributed by atoms with van der Waals surface area (Å²) in [5.41, 5.74) is 1.54. The highest BCUT2D eigenvalue weighted by Crippen LogP contribution is 2.33. The average molecular weight is 1060 g/mol. The third-order valence-electron chi connectivity index (χ3n) is 11.9. The molecule has 4 aromatic heterocycles. The summed E-state index contributed by atoms with van der Waals surface area (Å²) >= 11 is 0. The molecule has 8 aromatic rings. The average Bonchev–Trinajstić information content (AvgIpc) is 3.41. The monoisotopic (exact) mass is 1060 g/mol. The smallest absolute Gasteiger partial charge is 0.264 e. The fourth-order valence-electron chi connectivity index (χ4n) is 7.90. The van der Waals surface area contributed by atoms with Crippen molar-refractivity contribution in [1.82, 2.24) is 39.7 Å². The molecule has 0 aliphatic heterocycles. The predicted octanol–water partition coefficient (Wildman–Crippen LogP) is 5.20. The van der Waals surface area contributed by atoms with Crippen molar-refractivity contribution in [3.05, 3.63) is 149 Å². The van der Waals surface area contributed by atoms with Crippen molar-refractivity contribution >= 4 is 65.0 Å². The largest absolute Gasteiger partial charge is 0.497 e. The highest BCUT2D eigenvalue weighted by Gasteiger charge is 2.24. The van der Waals surface area contributed by atoms with E-state index in [-0.39, 0.29) is 71.0 Å². The van der Waals surface area contributed by atoms with Crippen molar-refractivity contribution in [1.29, 1.82) is 0 Å². The summed E-state index contributed by atoms with van der Waals surface area (Å²) in [4.78, 5) is 69.8. The first-order valence-corrected chi connectivity index (χ1v) is 26.0. The van der Waals surface area contributed by atoms with E-state index < -0.39 is 59.6 Å². The summed E-state index contributed by atoms with van der Waals surface area (Å²) < 4.78 is 92.4. The number of fused-ring (bicyclic) bond motifs is 2. The number of methoxy groups -OCH3 is 2. The fourth-order valence-corrected chi connectivity index (χ4v) is 10.1. The van der Waals surface area contributed by atoms with Crippen LogP contribution in [0.3, 0.4) is 0 Å². The van der Waals surface area contributed by atoms with Gasteiger partial charge in [-0.25, -0.2) is 41.2 Å². The molecule has 0 saturated carbocycles. The molecule has 0 aliphatic rings. The fraction of sp³-hybridized carbons (Fsp3) is 0.216. The topological polar surface area (TPSA) is 274 Å². The number of pyridine rings is 2. The molecule has 388 valence electrons. The van der Waals surface area contributed by atoms with Crippen molar-refractivity contribution < 1.29 is 45.0 Å². The number of ether oxygens (including phenoxy) is 3. The summed E-state index contributed by atoms with van der Waals surface area (Å²) in [7, 11) is -4.31. The second kappa shape index (κ2) is 22.1. The van der Waals surface area contributed by atoms with Crippen LogP contribution < -0.4 is 45.4 Å². The number of sulfonamides is 2. The zero-order valence-corrected chi connectivity index (χ0v) is 42.5. The van der Waals surface area contributed by atoms with Gasteiger partial charge in [0.2, 0.25) is 23.6 Å². The van der Waals surface area contributed by atoms with Gasteiger partial charge in [0.25, 0.3) is 31.2 Å². The third-order valence-corrected chi connectivity index (χ3v) is 14.7. The van der Waals surface area contributed by atoms with Crippen LogP contribution in [0.2, 0.25) is 0 Å². The Kier molecular flexibility index (Phi) is 15.5. The molecule has 0 radical (unpaired) electrons. The number of hydrogen-bond acceptors (Lipinski definition) is 15. The molecule has 0 fully saturated rings. The lowest BCUT2D eigenvalue weighted by Crippen LogP contribution is -2.36. The lowest BCUT2D eigenvalue weighted by Gasteiger charge is -2.16. The van der Waals surface area contributed by atoms with Gasteiger partial charge in [0.15, 0.2) is 0 Å². The Morgan fingerprint density at radius 1 is 0.640 bits per heavy atom. The molecule has 21 nitrogen and oxygen atoms in total. The van der Waals surface area contributed by atoms with Crippen LogP contribution in [-0.2, 0) is 42.7 Å². The van der Waals surface area contributed by atoms with Crippen molar-refractivity contribution in [2.24, 2.45) is 11.8 Å². The Bertz CT molecular complexity index is 3840. The number of aromatic nitrogens is 6. The molecule has 2 unspecified atom stereocenters. The minimum absolute atomic E-state index is 0.0122. The van der Waals surface area contributed by atoms with Crippen molar-refractivity contribution in [3.63, 3.8) is 0 Å². The van der Waals surface area contributed by atoms with Crippen molar-refractivity contribution in [2.45, 2.75) is 36.7 Å². The Morgan fingerprint density at radius 2 is 1.17 bits per heavy atom. The van der Waals surface area contributed by atoms with Gasteiger partial charge >= 0.3 is 0 Å². The molecular weight excluding hydrogens is 1010 g/mol. The molecule has 0 spiro atoms. The van der Waals surface area contributed by atoms with Gasteiger partial charge in [-0.15, -0.1) is 0 Å². The quantitative estimate of drug-likeness (QED) is 0.0714. The number of nitrogens with zero attached hydrogens (tertiary/aromatic N) is 6. The van der Waals surface area contributed by atoms with E-state index in [9.17, 15) is 40.4 Å². The molecule has 4 N–H and O–H groups in total. The first kappa shape index (κ1) is 52.5. The standard InChI is InChI=1S/C51H49FN10O11S2/c1-30(46(63)53-3)26-61-28-57-41-17-11-33(21-38(41)50(61)65)35-23-44(60-75(69,70)45-9-7-6-8-40(45)52)49(56-25-35)73-19-18-54-47(64)31(2)27-62-29-58-42-16-10-32(20-39(42)51(62)66)34-22-43(48(72-5)55-24-34)59-74(67,68)37-14-12-36(71-4)13-15-37/h6-17,20-25,28-31,59-60H,18-19,26-27H2,1-5H3,(H,53,63)(H,54,64). The van der Waals surface area contributed by atoms with E-state index in [0.717, 1.165) is 12.1 Å². The maximum absolute atomic E-state index is 14.8. The van der Waals surface area contributed by atoms with E-state index in [2.05, 4.69) is 40.0 Å². The van der Waals surface area contributed by atoms with Crippen LogP contribution in [0, 0.1) is 17.7 Å². The van der Waals surface area contributed by atoms with Gasteiger partial charge < -0.3 is 24.8 Å². The van der Waals surface area contributed by atoms with Gasteiger partial charge in [0, 0.05) is 43.7 Å². The number of hydrogen-bond donors (Lipinski definition) is 4. The number of amides is 2. The zero-order valence-electron chi connectivity index (χ0n) is 40.9. The maximum atomic E-state index is 14.8. The number of anilines is 2. The number of rotatable bonds is 20.